The van der Waals surface area contributed by atoms with E-state index in [9.17, 15) is 20.0 Å². The molecular formula is C12H10N4O4S. The highest BCUT2D eigenvalue weighted by molar-refractivity contribution is 7.11. The molecule has 0 aliphatic rings. The van der Waals surface area contributed by atoms with E-state index in [2.05, 4.69) is 14.6 Å². The third-order valence-corrected chi connectivity index (χ3v) is 3.33. The molecule has 8 nitrogen and oxygen atoms in total. The van der Waals surface area contributed by atoms with Crippen molar-refractivity contribution in [3.63, 3.8) is 0 Å². The fourth-order valence-electron chi connectivity index (χ4n) is 1.60. The van der Waals surface area contributed by atoms with Crippen molar-refractivity contribution in [2.24, 2.45) is 10.2 Å². The average molecular weight is 306 g/mol. The molecule has 0 amide bonds. The molecule has 0 aliphatic heterocycles. The molecule has 108 valence electrons. The number of rotatable bonds is 4. The van der Waals surface area contributed by atoms with Gasteiger partial charge in [0, 0.05) is 24.4 Å². The van der Waals surface area contributed by atoms with Crippen LogP contribution in [0.1, 0.15) is 13.8 Å². The Kier molecular flexibility index (Phi) is 4.03. The van der Waals surface area contributed by atoms with Gasteiger partial charge in [0.15, 0.2) is 16.5 Å². The van der Waals surface area contributed by atoms with Crippen molar-refractivity contribution in [1.82, 2.24) is 4.37 Å². The number of hydrogen-bond donors (Lipinski definition) is 1. The summed E-state index contributed by atoms with van der Waals surface area (Å²) in [4.78, 5) is 21.5. The first-order valence-corrected chi connectivity index (χ1v) is 6.54. The normalized spacial score (nSPS) is 12.7. The van der Waals surface area contributed by atoms with Crippen molar-refractivity contribution in [2.45, 2.75) is 13.8 Å². The number of carbonyl (C=O) groups is 1. The van der Waals surface area contributed by atoms with E-state index < -0.39 is 10.7 Å². The number of benzene rings is 1. The van der Waals surface area contributed by atoms with E-state index in [0.29, 0.717) is 15.9 Å². The van der Waals surface area contributed by atoms with Crippen molar-refractivity contribution in [1.29, 1.82) is 0 Å². The number of nitro groups is 1. The number of azo groups is 1. The summed E-state index contributed by atoms with van der Waals surface area (Å²) in [6, 6.07) is 4.21. The van der Waals surface area contributed by atoms with Gasteiger partial charge in [0.25, 0.3) is 5.69 Å². The molecule has 1 aromatic heterocycles. The molecule has 0 spiro atoms. The van der Waals surface area contributed by atoms with Crippen LogP contribution in [0, 0.1) is 10.1 Å². The van der Waals surface area contributed by atoms with Crippen LogP contribution in [0.25, 0.3) is 10.9 Å². The van der Waals surface area contributed by atoms with Gasteiger partial charge in [-0.25, -0.2) is 0 Å². The van der Waals surface area contributed by atoms with Gasteiger partial charge in [0.1, 0.15) is 5.76 Å². The largest absolute Gasteiger partial charge is 0.510 e. The molecule has 0 fully saturated rings. The van der Waals surface area contributed by atoms with Gasteiger partial charge in [-0.1, -0.05) is 0 Å². The van der Waals surface area contributed by atoms with Crippen molar-refractivity contribution in [3.05, 3.63) is 39.8 Å². The number of hydrogen-bond acceptors (Lipinski definition) is 8. The van der Waals surface area contributed by atoms with Crippen molar-refractivity contribution >= 4 is 38.9 Å². The van der Waals surface area contributed by atoms with Gasteiger partial charge in [-0.05, 0) is 24.5 Å². The maximum Gasteiger partial charge on any atom is 0.270 e. The summed E-state index contributed by atoms with van der Waals surface area (Å²) in [7, 11) is 0. The molecule has 1 aromatic carbocycles. The lowest BCUT2D eigenvalue weighted by Gasteiger charge is -1.96. The van der Waals surface area contributed by atoms with Crippen LogP contribution >= 0.6 is 11.5 Å². The van der Waals surface area contributed by atoms with Gasteiger partial charge in [-0.2, -0.15) is 4.37 Å². The lowest BCUT2D eigenvalue weighted by Crippen LogP contribution is -1.96. The van der Waals surface area contributed by atoms with Crippen LogP contribution in [0.4, 0.5) is 10.7 Å². The van der Waals surface area contributed by atoms with Gasteiger partial charge in [-0.15, -0.1) is 10.2 Å². The Morgan fingerprint density at radius 2 is 2.14 bits per heavy atom. The Balaban J connectivity index is 2.48. The van der Waals surface area contributed by atoms with E-state index in [0.717, 1.165) is 11.5 Å². The molecule has 2 aromatic rings. The van der Waals surface area contributed by atoms with Crippen LogP contribution in [0.15, 0.2) is 39.9 Å². The Morgan fingerprint density at radius 3 is 2.71 bits per heavy atom. The number of fused-ring (bicyclic) bond motifs is 1. The van der Waals surface area contributed by atoms with E-state index in [-0.39, 0.29) is 17.1 Å². The summed E-state index contributed by atoms with van der Waals surface area (Å²) < 4.78 is 4.09. The molecule has 0 atom stereocenters. The second-order valence-electron chi connectivity index (χ2n) is 4.14. The number of allylic oxidation sites excluding steroid dienone is 2. The lowest BCUT2D eigenvalue weighted by molar-refractivity contribution is -0.384. The van der Waals surface area contributed by atoms with Gasteiger partial charge in [0.05, 0.1) is 10.4 Å². The number of Topliss-reactive ketones (excluding diaryl/α,β-unsaturated/α-hetero) is 1. The number of carbonyl (C=O) groups excluding carboxylic acids is 1. The second kappa shape index (κ2) is 5.75. The first kappa shape index (κ1) is 14.7. The fraction of sp³-hybridized carbons (Fsp3) is 0.167. The van der Waals surface area contributed by atoms with E-state index in [4.69, 9.17) is 0 Å². The molecule has 0 unspecified atom stereocenters. The number of ketones is 1. The van der Waals surface area contributed by atoms with Crippen LogP contribution in [0.2, 0.25) is 0 Å². The highest BCUT2D eigenvalue weighted by Gasteiger charge is 2.13. The van der Waals surface area contributed by atoms with Gasteiger partial charge in [-0.3, -0.25) is 14.9 Å². The summed E-state index contributed by atoms with van der Waals surface area (Å²) in [5.41, 5.74) is 0.301. The number of aliphatic hydroxyl groups is 1. The Bertz CT molecular complexity index is 790. The number of nitrogens with zero attached hydrogens (tertiary/aromatic N) is 4. The maximum absolute atomic E-state index is 11.3. The van der Waals surface area contributed by atoms with E-state index in [1.165, 1.54) is 32.0 Å². The summed E-state index contributed by atoms with van der Waals surface area (Å²) in [5.74, 6) is -0.676. The topological polar surface area (TPSA) is 118 Å². The smallest absolute Gasteiger partial charge is 0.270 e. The summed E-state index contributed by atoms with van der Waals surface area (Å²) in [6.45, 7) is 2.58. The molecule has 0 aliphatic carbocycles. The highest BCUT2D eigenvalue weighted by atomic mass is 32.1. The van der Waals surface area contributed by atoms with Gasteiger partial charge in [0.2, 0.25) is 0 Å². The van der Waals surface area contributed by atoms with Crippen LogP contribution in [0.3, 0.4) is 0 Å². The monoisotopic (exact) mass is 306 g/mol. The lowest BCUT2D eigenvalue weighted by atomic mass is 10.2. The van der Waals surface area contributed by atoms with Crippen molar-refractivity contribution < 1.29 is 14.8 Å². The standard InChI is InChI=1S/C12H10N4O4S/c1-6(17)11(7(2)18)13-14-12-9-5-8(16(19)20)3-4-10(9)15-21-12/h3-5,17H,1-2H3/b11-6-,14-13?. The molecule has 0 bridgehead atoms. The molecule has 0 saturated heterocycles. The Hall–Kier alpha value is -2.68. The predicted octanol–water partition coefficient (Wildman–Crippen LogP) is 3.67. The molecule has 9 heteroatoms. The minimum atomic E-state index is -0.517. The number of aromatic nitrogens is 1. The number of nitro benzene ring substituents is 1. The van der Waals surface area contributed by atoms with Crippen LogP contribution in [-0.4, -0.2) is 20.2 Å². The van der Waals surface area contributed by atoms with E-state index >= 15 is 0 Å². The predicted molar refractivity (Wildman–Crippen MR) is 76.8 cm³/mol. The second-order valence-corrected chi connectivity index (χ2v) is 4.89. The molecule has 21 heavy (non-hydrogen) atoms. The molecule has 0 saturated carbocycles. The zero-order valence-electron chi connectivity index (χ0n) is 11.1. The fourth-order valence-corrected chi connectivity index (χ4v) is 2.28. The summed E-state index contributed by atoms with van der Waals surface area (Å²) >= 11 is 1.00. The van der Waals surface area contributed by atoms with Crippen molar-refractivity contribution in [3.8, 4) is 0 Å². The van der Waals surface area contributed by atoms with Crippen LogP contribution in [0.5, 0.6) is 0 Å². The SMILES string of the molecule is CC(=O)/C(N=Nc1snc2ccc([N+](=O)[O-])cc12)=C(\C)O. The third-order valence-electron chi connectivity index (χ3n) is 2.57. The molecule has 1 N–H and O–H groups in total. The minimum Gasteiger partial charge on any atom is -0.510 e. The number of aliphatic hydroxyl groups excluding tert-OH is 1. The van der Waals surface area contributed by atoms with Crippen LogP contribution < -0.4 is 0 Å². The van der Waals surface area contributed by atoms with Gasteiger partial charge >= 0.3 is 0 Å². The minimum absolute atomic E-state index is 0.0835. The molecule has 1 heterocycles. The van der Waals surface area contributed by atoms with Gasteiger partial charge < -0.3 is 5.11 Å². The first-order chi connectivity index (χ1) is 9.90. The zero-order chi connectivity index (χ0) is 15.6. The Labute approximate surface area is 122 Å². The molecular weight excluding hydrogens is 296 g/mol. The van der Waals surface area contributed by atoms with Crippen LogP contribution in [-0.2, 0) is 4.79 Å². The molecule has 0 radical (unpaired) electrons. The van der Waals surface area contributed by atoms with E-state index in [1.54, 1.807) is 0 Å². The quantitative estimate of drug-likeness (QED) is 0.304. The highest BCUT2D eigenvalue weighted by Crippen LogP contribution is 2.33. The summed E-state index contributed by atoms with van der Waals surface area (Å²) in [5, 5.41) is 28.5. The zero-order valence-corrected chi connectivity index (χ0v) is 11.9. The van der Waals surface area contributed by atoms with E-state index in [1.807, 2.05) is 0 Å². The van der Waals surface area contributed by atoms with Crippen molar-refractivity contribution in [2.75, 3.05) is 0 Å². The third kappa shape index (κ3) is 3.08. The molecule has 2 rings (SSSR count). The Morgan fingerprint density at radius 1 is 1.43 bits per heavy atom. The first-order valence-electron chi connectivity index (χ1n) is 5.76. The summed E-state index contributed by atoms with van der Waals surface area (Å²) in [6.07, 6.45) is 0. The maximum atomic E-state index is 11.3. The average Bonchev–Trinajstić information content (AvgIpc) is 2.80. The number of non-ortho nitro benzene ring substituents is 1.